The first-order valence-electron chi connectivity index (χ1n) is 23.5. The maximum absolute atomic E-state index is 12.4. The molecule has 346 valence electrons. The molecule has 4 N–H and O–H groups in total. The van der Waals surface area contributed by atoms with E-state index in [-0.39, 0.29) is 19.4 Å². The lowest BCUT2D eigenvalue weighted by molar-refractivity contribution is -0.161. The summed E-state index contributed by atoms with van der Waals surface area (Å²) in [6.45, 7) is 3.36. The number of unbranched alkanes of at least 4 members (excludes halogenated alkanes) is 21. The maximum atomic E-state index is 12.4. The Kier molecular flexibility index (Phi) is 41.2. The van der Waals surface area contributed by atoms with Gasteiger partial charge >= 0.3 is 19.8 Å². The number of carbonyl (C=O) groups is 2. The molecule has 0 amide bonds. The normalized spacial score (nSPS) is 14.2. The Bertz CT molecular complexity index is 1230. The maximum Gasteiger partial charge on any atom is 0.469 e. The molecule has 0 radical (unpaired) electrons. The fourth-order valence-electron chi connectivity index (χ4n) is 6.41. The number of carbonyl (C=O) groups excluding carboxylic acids is 2. The van der Waals surface area contributed by atoms with Gasteiger partial charge in [0.2, 0.25) is 0 Å². The molecule has 0 rings (SSSR count). The van der Waals surface area contributed by atoms with Gasteiger partial charge in [-0.15, -0.1) is 0 Å². The van der Waals surface area contributed by atoms with Crippen molar-refractivity contribution in [3.05, 3.63) is 72.9 Å². The quantitative estimate of drug-likeness (QED) is 0.0153. The van der Waals surface area contributed by atoms with Crippen molar-refractivity contribution in [2.24, 2.45) is 0 Å². The summed E-state index contributed by atoms with van der Waals surface area (Å²) < 4.78 is 26.3. The van der Waals surface area contributed by atoms with Crippen LogP contribution in [0, 0.1) is 0 Å². The molecule has 0 unspecified atom stereocenters. The van der Waals surface area contributed by atoms with Gasteiger partial charge in [-0.1, -0.05) is 215 Å². The van der Waals surface area contributed by atoms with Crippen LogP contribution >= 0.6 is 7.82 Å². The highest BCUT2D eigenvalue weighted by Gasteiger charge is 2.22. The van der Waals surface area contributed by atoms with Gasteiger partial charge in [0.05, 0.1) is 18.8 Å². The SMILES string of the molecule is CC/C=C\C[C@H](O)/C=C/C=C\C/C=C\C=C\[C@H](O)/C=C\CCCC(=O)O[C@H](COC(=O)CCCCCCCCCCCCCCCCCCCCCCC)COP(=O)(O)O. The Morgan fingerprint density at radius 2 is 1.05 bits per heavy atom. The van der Waals surface area contributed by atoms with Crippen molar-refractivity contribution in [1.29, 1.82) is 0 Å². The molecular formula is C49H85O10P. The molecule has 0 aliphatic carbocycles. The monoisotopic (exact) mass is 865 g/mol. The zero-order valence-corrected chi connectivity index (χ0v) is 38.5. The number of aliphatic hydroxyl groups is 2. The third-order valence-electron chi connectivity index (χ3n) is 9.91. The van der Waals surface area contributed by atoms with Crippen LogP contribution in [0.2, 0.25) is 0 Å². The van der Waals surface area contributed by atoms with Crippen molar-refractivity contribution in [3.63, 3.8) is 0 Å². The first-order chi connectivity index (χ1) is 29.1. The van der Waals surface area contributed by atoms with Crippen LogP contribution in [0.1, 0.15) is 194 Å². The van der Waals surface area contributed by atoms with E-state index in [4.69, 9.17) is 19.3 Å². The Morgan fingerprint density at radius 3 is 1.57 bits per heavy atom. The molecule has 0 aliphatic rings. The lowest BCUT2D eigenvalue weighted by Crippen LogP contribution is -2.29. The van der Waals surface area contributed by atoms with Crippen molar-refractivity contribution in [1.82, 2.24) is 0 Å². The molecular weight excluding hydrogens is 780 g/mol. The van der Waals surface area contributed by atoms with Gasteiger partial charge in [0, 0.05) is 12.8 Å². The molecule has 0 aliphatic heterocycles. The fraction of sp³-hybridized carbons (Fsp3) is 0.714. The molecule has 0 aromatic rings. The highest BCUT2D eigenvalue weighted by atomic mass is 31.2. The minimum Gasteiger partial charge on any atom is -0.462 e. The van der Waals surface area contributed by atoms with E-state index in [1.54, 1.807) is 30.4 Å². The van der Waals surface area contributed by atoms with E-state index in [2.05, 4.69) is 18.4 Å². The Hall–Kier alpha value is -2.59. The van der Waals surface area contributed by atoms with Gasteiger partial charge in [0.1, 0.15) is 6.61 Å². The number of aliphatic hydroxyl groups excluding tert-OH is 2. The summed E-state index contributed by atoms with van der Waals surface area (Å²) >= 11 is 0. The van der Waals surface area contributed by atoms with E-state index >= 15 is 0 Å². The predicted molar refractivity (Wildman–Crippen MR) is 246 cm³/mol. The molecule has 0 bridgehead atoms. The van der Waals surface area contributed by atoms with E-state index in [1.807, 2.05) is 42.5 Å². The van der Waals surface area contributed by atoms with Crippen LogP contribution in [0.4, 0.5) is 0 Å². The van der Waals surface area contributed by atoms with E-state index in [9.17, 15) is 24.4 Å². The van der Waals surface area contributed by atoms with Gasteiger partial charge in [0.25, 0.3) is 0 Å². The first-order valence-corrected chi connectivity index (χ1v) is 25.0. The number of rotatable bonds is 42. The molecule has 60 heavy (non-hydrogen) atoms. The van der Waals surface area contributed by atoms with Crippen LogP contribution in [0.3, 0.4) is 0 Å². The lowest BCUT2D eigenvalue weighted by Gasteiger charge is -2.18. The number of hydrogen-bond acceptors (Lipinski definition) is 8. The average molecular weight is 865 g/mol. The van der Waals surface area contributed by atoms with Crippen LogP contribution in [0.15, 0.2) is 72.9 Å². The molecule has 3 atom stereocenters. The lowest BCUT2D eigenvalue weighted by atomic mass is 10.0. The second-order valence-electron chi connectivity index (χ2n) is 15.8. The van der Waals surface area contributed by atoms with Crippen molar-refractivity contribution >= 4 is 19.8 Å². The summed E-state index contributed by atoms with van der Waals surface area (Å²) in [5.41, 5.74) is 0. The third kappa shape index (κ3) is 44.9. The Balaban J connectivity index is 4.07. The van der Waals surface area contributed by atoms with Crippen LogP contribution in [0.5, 0.6) is 0 Å². The average Bonchev–Trinajstić information content (AvgIpc) is 3.21. The highest BCUT2D eigenvalue weighted by Crippen LogP contribution is 2.36. The molecule has 0 saturated heterocycles. The molecule has 0 saturated carbocycles. The van der Waals surface area contributed by atoms with E-state index in [0.717, 1.165) is 25.7 Å². The van der Waals surface area contributed by atoms with Gasteiger partial charge < -0.3 is 29.5 Å². The van der Waals surface area contributed by atoms with Crippen LogP contribution in [-0.4, -0.2) is 63.5 Å². The third-order valence-corrected chi connectivity index (χ3v) is 10.4. The number of hydrogen-bond donors (Lipinski definition) is 4. The number of esters is 2. The number of phosphoric ester groups is 1. The number of phosphoric acid groups is 1. The Labute approximate surface area is 365 Å². The van der Waals surface area contributed by atoms with E-state index in [0.29, 0.717) is 32.1 Å². The van der Waals surface area contributed by atoms with Crippen molar-refractivity contribution in [2.45, 2.75) is 212 Å². The molecule has 10 nitrogen and oxygen atoms in total. The van der Waals surface area contributed by atoms with Gasteiger partial charge in [0.15, 0.2) is 6.10 Å². The number of allylic oxidation sites excluding steroid dienone is 8. The molecule has 0 aromatic heterocycles. The summed E-state index contributed by atoms with van der Waals surface area (Å²) in [4.78, 5) is 43.0. The summed E-state index contributed by atoms with van der Waals surface area (Å²) in [6, 6.07) is 0. The Morgan fingerprint density at radius 1 is 0.550 bits per heavy atom. The van der Waals surface area contributed by atoms with Crippen LogP contribution < -0.4 is 0 Å². The summed E-state index contributed by atoms with van der Waals surface area (Å²) in [5, 5.41) is 20.0. The summed E-state index contributed by atoms with van der Waals surface area (Å²) in [5.74, 6) is -1.07. The fourth-order valence-corrected chi connectivity index (χ4v) is 6.77. The van der Waals surface area contributed by atoms with E-state index < -0.39 is 44.7 Å². The van der Waals surface area contributed by atoms with Gasteiger partial charge in [-0.3, -0.25) is 14.1 Å². The second kappa shape index (κ2) is 43.1. The zero-order valence-electron chi connectivity index (χ0n) is 37.6. The topological polar surface area (TPSA) is 160 Å². The first kappa shape index (κ1) is 57.4. The highest BCUT2D eigenvalue weighted by molar-refractivity contribution is 7.46. The van der Waals surface area contributed by atoms with Crippen molar-refractivity contribution < 1.29 is 48.2 Å². The summed E-state index contributed by atoms with van der Waals surface area (Å²) in [6.07, 6.45) is 49.9. The minimum absolute atomic E-state index is 0.0242. The largest absolute Gasteiger partial charge is 0.469 e. The summed E-state index contributed by atoms with van der Waals surface area (Å²) in [7, 11) is -4.82. The van der Waals surface area contributed by atoms with E-state index in [1.165, 1.54) is 109 Å². The minimum atomic E-state index is -4.82. The van der Waals surface area contributed by atoms with Crippen molar-refractivity contribution in [3.8, 4) is 0 Å². The molecule has 0 aromatic carbocycles. The van der Waals surface area contributed by atoms with Crippen LogP contribution in [0.25, 0.3) is 0 Å². The standard InChI is InChI=1S/C49H85O10P/c1-3-5-7-8-9-10-11-12-13-14-15-16-17-18-19-20-21-22-26-29-35-41-48(52)57-43-47(44-58-60(54,55)56)59-49(53)42-36-30-34-40-46(51)39-33-28-25-23-24-27-32-38-45(50)37-31-6-4-2/h6,24-25,27-28,31-34,38-40,45-47,50-51H,3-5,7-23,26,29-30,35-37,41-44H2,1-2H3,(H2,54,55,56)/b27-24-,28-25-,31-6-,38-32+,39-33+,40-34-/t45-,46-,47+/m0/s1. The van der Waals surface area contributed by atoms with Crippen LogP contribution in [-0.2, 0) is 28.2 Å². The van der Waals surface area contributed by atoms with Gasteiger partial charge in [-0.25, -0.2) is 4.57 Å². The van der Waals surface area contributed by atoms with Gasteiger partial charge in [-0.2, -0.15) is 0 Å². The molecule has 0 spiro atoms. The second-order valence-corrected chi connectivity index (χ2v) is 17.0. The number of ether oxygens (including phenoxy) is 2. The van der Waals surface area contributed by atoms with Gasteiger partial charge in [-0.05, 0) is 38.5 Å². The predicted octanol–water partition coefficient (Wildman–Crippen LogP) is 12.6. The molecule has 0 fully saturated rings. The zero-order chi connectivity index (χ0) is 44.2. The molecule has 0 heterocycles. The van der Waals surface area contributed by atoms with Crippen molar-refractivity contribution in [2.75, 3.05) is 13.2 Å². The smallest absolute Gasteiger partial charge is 0.462 e. The molecule has 11 heteroatoms.